The molecule has 2 N–H and O–H groups in total. The summed E-state index contributed by atoms with van der Waals surface area (Å²) >= 11 is 5.77. The quantitative estimate of drug-likeness (QED) is 0.885. The molecule has 0 aromatic carbocycles. The first-order valence-electron chi connectivity index (χ1n) is 6.30. The molecule has 2 heterocycles. The predicted molar refractivity (Wildman–Crippen MR) is 72.7 cm³/mol. The van der Waals surface area contributed by atoms with Crippen molar-refractivity contribution in [1.82, 2.24) is 10.3 Å². The SMILES string of the molecule is CCC1(C(=O)Nc2ccc(Cl)cn2)CCNCC1. The third-order valence-electron chi connectivity index (χ3n) is 3.69. The van der Waals surface area contributed by atoms with E-state index in [1.165, 1.54) is 6.20 Å². The molecule has 0 unspecified atom stereocenters. The van der Waals surface area contributed by atoms with Gasteiger partial charge in [-0.15, -0.1) is 0 Å². The number of nitrogens with zero attached hydrogens (tertiary/aromatic N) is 1. The molecule has 0 radical (unpaired) electrons. The Labute approximate surface area is 112 Å². The number of anilines is 1. The van der Waals surface area contributed by atoms with Crippen LogP contribution in [0.2, 0.25) is 5.02 Å². The van der Waals surface area contributed by atoms with E-state index in [0.717, 1.165) is 32.4 Å². The zero-order valence-corrected chi connectivity index (χ0v) is 11.3. The van der Waals surface area contributed by atoms with Gasteiger partial charge in [-0.3, -0.25) is 4.79 Å². The van der Waals surface area contributed by atoms with Crippen LogP contribution in [0.5, 0.6) is 0 Å². The van der Waals surface area contributed by atoms with Gasteiger partial charge in [0.05, 0.1) is 10.4 Å². The van der Waals surface area contributed by atoms with Crippen LogP contribution in [0.25, 0.3) is 0 Å². The number of carbonyl (C=O) groups excluding carboxylic acids is 1. The Morgan fingerprint density at radius 1 is 1.50 bits per heavy atom. The van der Waals surface area contributed by atoms with Crippen LogP contribution in [0.1, 0.15) is 26.2 Å². The number of halogens is 1. The lowest BCUT2D eigenvalue weighted by Crippen LogP contribution is -2.44. The van der Waals surface area contributed by atoms with Crippen molar-refractivity contribution < 1.29 is 4.79 Å². The first-order valence-corrected chi connectivity index (χ1v) is 6.68. The van der Waals surface area contributed by atoms with Crippen LogP contribution in [0, 0.1) is 5.41 Å². The summed E-state index contributed by atoms with van der Waals surface area (Å²) in [5, 5.41) is 6.75. The fourth-order valence-corrected chi connectivity index (χ4v) is 2.46. The summed E-state index contributed by atoms with van der Waals surface area (Å²) in [5.41, 5.74) is -0.257. The van der Waals surface area contributed by atoms with Crippen molar-refractivity contribution >= 4 is 23.3 Å². The highest BCUT2D eigenvalue weighted by atomic mass is 35.5. The monoisotopic (exact) mass is 267 g/mol. The molecule has 98 valence electrons. The van der Waals surface area contributed by atoms with Crippen LogP contribution < -0.4 is 10.6 Å². The fraction of sp³-hybridized carbons (Fsp3) is 0.538. The Balaban J connectivity index is 2.07. The van der Waals surface area contributed by atoms with E-state index in [9.17, 15) is 4.79 Å². The zero-order chi connectivity index (χ0) is 13.0. The standard InChI is InChI=1S/C13H18ClN3O/c1-2-13(5-7-15-8-6-13)12(18)17-11-4-3-10(14)9-16-11/h3-4,9,15H,2,5-8H2,1H3,(H,16,17,18). The molecule has 1 amide bonds. The Bertz CT molecular complexity index is 413. The third kappa shape index (κ3) is 2.82. The van der Waals surface area contributed by atoms with Gasteiger partial charge in [0.1, 0.15) is 5.82 Å². The van der Waals surface area contributed by atoms with Crippen LogP contribution in [0.3, 0.4) is 0 Å². The summed E-state index contributed by atoms with van der Waals surface area (Å²) in [6.07, 6.45) is 4.15. The molecule has 0 aliphatic carbocycles. The van der Waals surface area contributed by atoms with Crippen LogP contribution in [0.4, 0.5) is 5.82 Å². The highest BCUT2D eigenvalue weighted by Gasteiger charge is 2.37. The smallest absolute Gasteiger partial charge is 0.231 e. The molecule has 1 saturated heterocycles. The molecule has 18 heavy (non-hydrogen) atoms. The lowest BCUT2D eigenvalue weighted by atomic mass is 9.76. The van der Waals surface area contributed by atoms with E-state index < -0.39 is 0 Å². The van der Waals surface area contributed by atoms with Crippen molar-refractivity contribution in [2.75, 3.05) is 18.4 Å². The van der Waals surface area contributed by atoms with E-state index in [1.54, 1.807) is 12.1 Å². The van der Waals surface area contributed by atoms with E-state index in [-0.39, 0.29) is 11.3 Å². The van der Waals surface area contributed by atoms with Gasteiger partial charge < -0.3 is 10.6 Å². The summed E-state index contributed by atoms with van der Waals surface area (Å²) in [6, 6.07) is 3.45. The van der Waals surface area contributed by atoms with Crippen molar-refractivity contribution in [3.8, 4) is 0 Å². The average Bonchev–Trinajstić information content (AvgIpc) is 2.42. The Hall–Kier alpha value is -1.13. The predicted octanol–water partition coefficient (Wildman–Crippen LogP) is 2.45. The Morgan fingerprint density at radius 3 is 2.78 bits per heavy atom. The molecular weight excluding hydrogens is 250 g/mol. The van der Waals surface area contributed by atoms with Crippen molar-refractivity contribution in [3.63, 3.8) is 0 Å². The number of nitrogens with one attached hydrogen (secondary N) is 2. The van der Waals surface area contributed by atoms with Gasteiger partial charge in [0.2, 0.25) is 5.91 Å². The molecule has 1 aromatic heterocycles. The second-order valence-corrected chi connectivity index (χ2v) is 5.14. The summed E-state index contributed by atoms with van der Waals surface area (Å²) in [5.74, 6) is 0.636. The van der Waals surface area contributed by atoms with Crippen LogP contribution in [0.15, 0.2) is 18.3 Å². The Kier molecular flexibility index (Phi) is 4.19. The van der Waals surface area contributed by atoms with Gasteiger partial charge in [-0.2, -0.15) is 0 Å². The van der Waals surface area contributed by atoms with Gasteiger partial charge in [-0.1, -0.05) is 18.5 Å². The second kappa shape index (κ2) is 5.67. The fourth-order valence-electron chi connectivity index (χ4n) is 2.35. The third-order valence-corrected chi connectivity index (χ3v) is 3.91. The lowest BCUT2D eigenvalue weighted by Gasteiger charge is -2.35. The maximum atomic E-state index is 12.4. The number of aromatic nitrogens is 1. The molecule has 1 fully saturated rings. The molecule has 0 bridgehead atoms. The molecule has 1 aromatic rings. The van der Waals surface area contributed by atoms with Crippen LogP contribution >= 0.6 is 11.6 Å². The molecule has 1 aliphatic rings. The normalized spacial score (nSPS) is 18.3. The first kappa shape index (κ1) is 13.3. The minimum Gasteiger partial charge on any atom is -0.317 e. The topological polar surface area (TPSA) is 54.0 Å². The molecule has 1 aliphatic heterocycles. The number of hydrogen-bond donors (Lipinski definition) is 2. The van der Waals surface area contributed by atoms with E-state index in [2.05, 4.69) is 22.5 Å². The molecule has 2 rings (SSSR count). The largest absolute Gasteiger partial charge is 0.317 e. The van der Waals surface area contributed by atoms with Gasteiger partial charge in [0.25, 0.3) is 0 Å². The minimum atomic E-state index is -0.257. The van der Waals surface area contributed by atoms with E-state index in [4.69, 9.17) is 11.6 Å². The summed E-state index contributed by atoms with van der Waals surface area (Å²) in [4.78, 5) is 16.5. The number of carbonyl (C=O) groups is 1. The van der Waals surface area contributed by atoms with Gasteiger partial charge >= 0.3 is 0 Å². The molecular formula is C13H18ClN3O. The van der Waals surface area contributed by atoms with Gasteiger partial charge in [-0.05, 0) is 44.5 Å². The molecule has 0 spiro atoms. The van der Waals surface area contributed by atoms with Gasteiger partial charge in [-0.25, -0.2) is 4.98 Å². The van der Waals surface area contributed by atoms with Crippen LogP contribution in [-0.4, -0.2) is 24.0 Å². The van der Waals surface area contributed by atoms with Gasteiger partial charge in [0.15, 0.2) is 0 Å². The zero-order valence-electron chi connectivity index (χ0n) is 10.5. The molecule has 0 atom stereocenters. The molecule has 5 heteroatoms. The highest BCUT2D eigenvalue weighted by Crippen LogP contribution is 2.33. The Morgan fingerprint density at radius 2 is 2.22 bits per heavy atom. The maximum absolute atomic E-state index is 12.4. The summed E-state index contributed by atoms with van der Waals surface area (Å²) < 4.78 is 0. The van der Waals surface area contributed by atoms with E-state index >= 15 is 0 Å². The summed E-state index contributed by atoms with van der Waals surface area (Å²) in [6.45, 7) is 3.87. The number of amides is 1. The van der Waals surface area contributed by atoms with E-state index in [0.29, 0.717) is 10.8 Å². The average molecular weight is 268 g/mol. The van der Waals surface area contributed by atoms with Crippen molar-refractivity contribution in [2.24, 2.45) is 5.41 Å². The van der Waals surface area contributed by atoms with Crippen molar-refractivity contribution in [1.29, 1.82) is 0 Å². The second-order valence-electron chi connectivity index (χ2n) is 4.70. The van der Waals surface area contributed by atoms with Crippen LogP contribution in [-0.2, 0) is 4.79 Å². The number of pyridine rings is 1. The highest BCUT2D eigenvalue weighted by molar-refractivity contribution is 6.30. The minimum absolute atomic E-state index is 0.0707. The first-order chi connectivity index (χ1) is 8.66. The van der Waals surface area contributed by atoms with Crippen molar-refractivity contribution in [2.45, 2.75) is 26.2 Å². The lowest BCUT2D eigenvalue weighted by molar-refractivity contribution is -0.127. The van der Waals surface area contributed by atoms with Crippen molar-refractivity contribution in [3.05, 3.63) is 23.4 Å². The molecule has 4 nitrogen and oxygen atoms in total. The summed E-state index contributed by atoms with van der Waals surface area (Å²) in [7, 11) is 0. The molecule has 0 saturated carbocycles. The maximum Gasteiger partial charge on any atom is 0.231 e. The number of rotatable bonds is 3. The number of piperidine rings is 1. The number of hydrogen-bond acceptors (Lipinski definition) is 3. The van der Waals surface area contributed by atoms with E-state index in [1.807, 2.05) is 0 Å². The van der Waals surface area contributed by atoms with Gasteiger partial charge in [0, 0.05) is 6.20 Å².